The van der Waals surface area contributed by atoms with E-state index in [1.54, 1.807) is 30.3 Å². The first-order chi connectivity index (χ1) is 9.10. The third-order valence-corrected chi connectivity index (χ3v) is 3.10. The lowest BCUT2D eigenvalue weighted by atomic mass is 10.1. The third-order valence-electron chi connectivity index (χ3n) is 2.86. The lowest BCUT2D eigenvalue weighted by molar-refractivity contribution is 0.112. The standard InChI is InChI=1S/C15H13ClFNO/c1-18(9-11-2-5-14(17)6-3-11)15-7-4-13(16)8-12(15)10-19/h2-8,10H,9H2,1H3. The highest BCUT2D eigenvalue weighted by molar-refractivity contribution is 6.31. The Morgan fingerprint density at radius 3 is 2.53 bits per heavy atom. The fourth-order valence-electron chi connectivity index (χ4n) is 1.92. The zero-order valence-corrected chi connectivity index (χ0v) is 11.2. The Kier molecular flexibility index (Phi) is 4.17. The van der Waals surface area contributed by atoms with Crippen LogP contribution in [0.25, 0.3) is 0 Å². The molecule has 0 saturated heterocycles. The van der Waals surface area contributed by atoms with Gasteiger partial charge in [0.15, 0.2) is 6.29 Å². The summed E-state index contributed by atoms with van der Waals surface area (Å²) >= 11 is 5.86. The van der Waals surface area contributed by atoms with Gasteiger partial charge in [-0.15, -0.1) is 0 Å². The normalized spacial score (nSPS) is 10.3. The first-order valence-electron chi connectivity index (χ1n) is 5.80. The van der Waals surface area contributed by atoms with Crippen LogP contribution >= 0.6 is 11.6 Å². The van der Waals surface area contributed by atoms with Crippen LogP contribution in [0.3, 0.4) is 0 Å². The molecular weight excluding hydrogens is 265 g/mol. The van der Waals surface area contributed by atoms with E-state index in [-0.39, 0.29) is 5.82 Å². The zero-order valence-electron chi connectivity index (χ0n) is 10.4. The van der Waals surface area contributed by atoms with Crippen LogP contribution in [0.2, 0.25) is 5.02 Å². The molecule has 2 aromatic rings. The predicted octanol–water partition coefficient (Wildman–Crippen LogP) is 3.93. The predicted molar refractivity (Wildman–Crippen MR) is 75.3 cm³/mol. The van der Waals surface area contributed by atoms with Gasteiger partial charge in [-0.1, -0.05) is 23.7 Å². The van der Waals surface area contributed by atoms with Crippen molar-refractivity contribution in [3.63, 3.8) is 0 Å². The van der Waals surface area contributed by atoms with Crippen LogP contribution in [0.15, 0.2) is 42.5 Å². The highest BCUT2D eigenvalue weighted by Crippen LogP contribution is 2.23. The molecule has 0 fully saturated rings. The molecule has 4 heteroatoms. The highest BCUT2D eigenvalue weighted by Gasteiger charge is 2.08. The lowest BCUT2D eigenvalue weighted by Crippen LogP contribution is -2.17. The van der Waals surface area contributed by atoms with Crippen molar-refractivity contribution < 1.29 is 9.18 Å². The van der Waals surface area contributed by atoms with Crippen LogP contribution in [0.5, 0.6) is 0 Å². The minimum atomic E-state index is -0.258. The number of anilines is 1. The topological polar surface area (TPSA) is 20.3 Å². The molecular formula is C15H13ClFNO. The molecule has 19 heavy (non-hydrogen) atoms. The van der Waals surface area contributed by atoms with Crippen molar-refractivity contribution in [1.82, 2.24) is 0 Å². The van der Waals surface area contributed by atoms with Crippen LogP contribution in [0, 0.1) is 5.82 Å². The van der Waals surface area contributed by atoms with Gasteiger partial charge in [-0.25, -0.2) is 4.39 Å². The molecule has 0 atom stereocenters. The minimum absolute atomic E-state index is 0.258. The van der Waals surface area contributed by atoms with Crippen molar-refractivity contribution in [3.05, 3.63) is 64.4 Å². The van der Waals surface area contributed by atoms with Gasteiger partial charge in [-0.3, -0.25) is 4.79 Å². The summed E-state index contributed by atoms with van der Waals surface area (Å²) in [5.74, 6) is -0.258. The maximum Gasteiger partial charge on any atom is 0.152 e. The fraction of sp³-hybridized carbons (Fsp3) is 0.133. The van der Waals surface area contributed by atoms with E-state index in [1.165, 1.54) is 12.1 Å². The van der Waals surface area contributed by atoms with Crippen LogP contribution in [0.1, 0.15) is 15.9 Å². The molecule has 0 amide bonds. The van der Waals surface area contributed by atoms with Crippen molar-refractivity contribution in [1.29, 1.82) is 0 Å². The molecule has 0 aliphatic carbocycles. The van der Waals surface area contributed by atoms with Gasteiger partial charge in [0.25, 0.3) is 0 Å². The second kappa shape index (κ2) is 5.85. The molecule has 0 aliphatic heterocycles. The van der Waals surface area contributed by atoms with E-state index in [1.807, 2.05) is 11.9 Å². The van der Waals surface area contributed by atoms with Crippen molar-refractivity contribution in [2.24, 2.45) is 0 Å². The first-order valence-corrected chi connectivity index (χ1v) is 6.18. The Hall–Kier alpha value is -1.87. The number of rotatable bonds is 4. The van der Waals surface area contributed by atoms with E-state index < -0.39 is 0 Å². The van der Waals surface area contributed by atoms with E-state index in [0.29, 0.717) is 17.1 Å². The Bertz CT molecular complexity index is 583. The molecule has 0 N–H and O–H groups in total. The van der Waals surface area contributed by atoms with Gasteiger partial charge < -0.3 is 4.90 Å². The van der Waals surface area contributed by atoms with E-state index in [9.17, 15) is 9.18 Å². The largest absolute Gasteiger partial charge is 0.370 e. The molecule has 0 aliphatic rings. The monoisotopic (exact) mass is 277 g/mol. The van der Waals surface area contributed by atoms with Gasteiger partial charge >= 0.3 is 0 Å². The molecule has 0 saturated carbocycles. The number of carbonyl (C=O) groups excluding carboxylic acids is 1. The Labute approximate surface area is 116 Å². The SMILES string of the molecule is CN(Cc1ccc(F)cc1)c1ccc(Cl)cc1C=O. The second-order valence-electron chi connectivity index (χ2n) is 4.30. The van der Waals surface area contributed by atoms with Gasteiger partial charge in [-0.05, 0) is 35.9 Å². The van der Waals surface area contributed by atoms with E-state index in [0.717, 1.165) is 17.5 Å². The number of aldehydes is 1. The molecule has 0 unspecified atom stereocenters. The maximum absolute atomic E-state index is 12.8. The van der Waals surface area contributed by atoms with E-state index in [4.69, 9.17) is 11.6 Å². The Morgan fingerprint density at radius 2 is 1.89 bits per heavy atom. The summed E-state index contributed by atoms with van der Waals surface area (Å²) in [6, 6.07) is 11.5. The summed E-state index contributed by atoms with van der Waals surface area (Å²) in [5, 5.41) is 0.529. The molecule has 0 heterocycles. The van der Waals surface area contributed by atoms with Crippen LogP contribution in [-0.4, -0.2) is 13.3 Å². The maximum atomic E-state index is 12.8. The summed E-state index contributed by atoms with van der Waals surface area (Å²) in [5.41, 5.74) is 2.30. The molecule has 2 rings (SSSR count). The quantitative estimate of drug-likeness (QED) is 0.789. The van der Waals surface area contributed by atoms with E-state index >= 15 is 0 Å². The lowest BCUT2D eigenvalue weighted by Gasteiger charge is -2.21. The number of nitrogens with zero attached hydrogens (tertiary/aromatic N) is 1. The number of benzene rings is 2. The number of carbonyl (C=O) groups is 1. The third kappa shape index (κ3) is 3.32. The second-order valence-corrected chi connectivity index (χ2v) is 4.74. The number of hydrogen-bond donors (Lipinski definition) is 0. The zero-order chi connectivity index (χ0) is 13.8. The highest BCUT2D eigenvalue weighted by atomic mass is 35.5. The summed E-state index contributed by atoms with van der Waals surface area (Å²) in [4.78, 5) is 13.0. The van der Waals surface area contributed by atoms with Gasteiger partial charge in [0.1, 0.15) is 5.82 Å². The summed E-state index contributed by atoms with van der Waals surface area (Å²) < 4.78 is 12.8. The van der Waals surface area contributed by atoms with Crippen molar-refractivity contribution in [3.8, 4) is 0 Å². The van der Waals surface area contributed by atoms with Gasteiger partial charge in [-0.2, -0.15) is 0 Å². The van der Waals surface area contributed by atoms with Crippen molar-refractivity contribution in [2.45, 2.75) is 6.54 Å². The summed E-state index contributed by atoms with van der Waals surface area (Å²) in [6.07, 6.45) is 0.780. The molecule has 0 spiro atoms. The number of hydrogen-bond acceptors (Lipinski definition) is 2. The van der Waals surface area contributed by atoms with Crippen LogP contribution < -0.4 is 4.90 Å². The molecule has 0 radical (unpaired) electrons. The van der Waals surface area contributed by atoms with Crippen LogP contribution in [0.4, 0.5) is 10.1 Å². The Balaban J connectivity index is 2.22. The average molecular weight is 278 g/mol. The van der Waals surface area contributed by atoms with Gasteiger partial charge in [0.2, 0.25) is 0 Å². The van der Waals surface area contributed by atoms with Crippen LogP contribution in [-0.2, 0) is 6.54 Å². The molecule has 0 aromatic heterocycles. The Morgan fingerprint density at radius 1 is 1.21 bits per heavy atom. The molecule has 2 nitrogen and oxygen atoms in total. The molecule has 98 valence electrons. The minimum Gasteiger partial charge on any atom is -0.370 e. The van der Waals surface area contributed by atoms with Gasteiger partial charge in [0.05, 0.1) is 0 Å². The molecule has 0 bridgehead atoms. The van der Waals surface area contributed by atoms with Gasteiger partial charge in [0, 0.05) is 29.9 Å². The average Bonchev–Trinajstić information content (AvgIpc) is 2.41. The first kappa shape index (κ1) is 13.6. The smallest absolute Gasteiger partial charge is 0.152 e. The summed E-state index contributed by atoms with van der Waals surface area (Å²) in [7, 11) is 1.87. The summed E-state index contributed by atoms with van der Waals surface area (Å²) in [6.45, 7) is 0.586. The fourth-order valence-corrected chi connectivity index (χ4v) is 2.10. The number of halogens is 2. The van der Waals surface area contributed by atoms with Crippen molar-refractivity contribution in [2.75, 3.05) is 11.9 Å². The van der Waals surface area contributed by atoms with E-state index in [2.05, 4.69) is 0 Å². The van der Waals surface area contributed by atoms with Crippen molar-refractivity contribution >= 4 is 23.6 Å². The molecule has 2 aromatic carbocycles.